The molecule has 18 heavy (non-hydrogen) atoms. The molecule has 2 aliphatic carbocycles. The first-order chi connectivity index (χ1) is 8.68. The number of hydrogen-bond acceptors (Lipinski definition) is 2. The number of hydrogen-bond donors (Lipinski definition) is 2. The van der Waals surface area contributed by atoms with Gasteiger partial charge >= 0.3 is 5.97 Å². The molecule has 2 rings (SSSR count). The minimum atomic E-state index is -0.807. The molecule has 0 aromatic heterocycles. The Bertz CT molecular complexity index is 310. The van der Waals surface area contributed by atoms with Crippen LogP contribution in [0, 0.1) is 11.8 Å². The largest absolute Gasteiger partial charge is 0.481 e. The van der Waals surface area contributed by atoms with Crippen molar-refractivity contribution in [3.63, 3.8) is 0 Å². The summed E-state index contributed by atoms with van der Waals surface area (Å²) in [6.07, 6.45) is 9.01. The van der Waals surface area contributed by atoms with Gasteiger partial charge < -0.3 is 10.4 Å². The third-order valence-corrected chi connectivity index (χ3v) is 4.37. The maximum atomic E-state index is 12.2. The highest BCUT2D eigenvalue weighted by atomic mass is 16.4. The molecule has 4 nitrogen and oxygen atoms in total. The fraction of sp³-hybridized carbons (Fsp3) is 0.857. The molecule has 0 spiro atoms. The van der Waals surface area contributed by atoms with Crippen molar-refractivity contribution in [1.82, 2.24) is 5.32 Å². The third kappa shape index (κ3) is 3.24. The van der Waals surface area contributed by atoms with Gasteiger partial charge in [0, 0.05) is 6.04 Å². The van der Waals surface area contributed by atoms with Crippen LogP contribution in [0.2, 0.25) is 0 Å². The molecule has 1 amide bonds. The first kappa shape index (κ1) is 13.4. The maximum Gasteiger partial charge on any atom is 0.307 e. The van der Waals surface area contributed by atoms with Crippen LogP contribution >= 0.6 is 0 Å². The Morgan fingerprint density at radius 2 is 1.39 bits per heavy atom. The fourth-order valence-corrected chi connectivity index (χ4v) is 3.30. The van der Waals surface area contributed by atoms with E-state index in [1.807, 2.05) is 0 Å². The minimum Gasteiger partial charge on any atom is -0.481 e. The number of amides is 1. The van der Waals surface area contributed by atoms with Gasteiger partial charge in [-0.1, -0.05) is 32.1 Å². The van der Waals surface area contributed by atoms with Crippen molar-refractivity contribution in [2.45, 2.75) is 63.8 Å². The molecule has 0 bridgehead atoms. The first-order valence-electron chi connectivity index (χ1n) is 7.21. The summed E-state index contributed by atoms with van der Waals surface area (Å²) in [5.74, 6) is -1.60. The molecule has 2 aliphatic rings. The van der Waals surface area contributed by atoms with E-state index in [0.717, 1.165) is 32.1 Å². The van der Waals surface area contributed by atoms with Crippen molar-refractivity contribution < 1.29 is 14.7 Å². The Labute approximate surface area is 108 Å². The van der Waals surface area contributed by atoms with E-state index in [-0.39, 0.29) is 17.9 Å². The quantitative estimate of drug-likeness (QED) is 0.811. The van der Waals surface area contributed by atoms with E-state index in [1.54, 1.807) is 0 Å². The summed E-state index contributed by atoms with van der Waals surface area (Å²) in [6, 6.07) is 0.280. The lowest BCUT2D eigenvalue weighted by Gasteiger charge is -2.30. The summed E-state index contributed by atoms with van der Waals surface area (Å²) in [4.78, 5) is 23.4. The first-order valence-corrected chi connectivity index (χ1v) is 7.21. The fourth-order valence-electron chi connectivity index (χ4n) is 3.30. The van der Waals surface area contributed by atoms with E-state index >= 15 is 0 Å². The van der Waals surface area contributed by atoms with Crippen LogP contribution in [0.1, 0.15) is 57.8 Å². The van der Waals surface area contributed by atoms with Gasteiger partial charge in [-0.3, -0.25) is 9.59 Å². The maximum absolute atomic E-state index is 12.2. The highest BCUT2D eigenvalue weighted by Crippen LogP contribution is 2.31. The van der Waals surface area contributed by atoms with Gasteiger partial charge in [0.15, 0.2) is 0 Å². The second kappa shape index (κ2) is 6.21. The average molecular weight is 253 g/mol. The zero-order valence-corrected chi connectivity index (χ0v) is 10.9. The SMILES string of the molecule is O=C(NC1CCCCC1)[C@H]1CCCC[C@H]1C(=O)O. The van der Waals surface area contributed by atoms with Crippen molar-refractivity contribution in [2.75, 3.05) is 0 Å². The molecule has 4 heteroatoms. The zero-order valence-electron chi connectivity index (χ0n) is 10.9. The van der Waals surface area contributed by atoms with Crippen LogP contribution in [0.5, 0.6) is 0 Å². The molecule has 0 aromatic rings. The number of nitrogens with one attached hydrogen (secondary N) is 1. The number of carboxylic acids is 1. The number of carbonyl (C=O) groups is 2. The van der Waals surface area contributed by atoms with E-state index in [0.29, 0.717) is 6.42 Å². The van der Waals surface area contributed by atoms with Crippen molar-refractivity contribution in [3.05, 3.63) is 0 Å². The smallest absolute Gasteiger partial charge is 0.307 e. The van der Waals surface area contributed by atoms with E-state index in [4.69, 9.17) is 0 Å². The Hall–Kier alpha value is -1.06. The van der Waals surface area contributed by atoms with Crippen LogP contribution in [-0.4, -0.2) is 23.0 Å². The van der Waals surface area contributed by atoms with Gasteiger partial charge in [0.25, 0.3) is 0 Å². The molecule has 0 radical (unpaired) electrons. The van der Waals surface area contributed by atoms with Crippen LogP contribution < -0.4 is 5.32 Å². The van der Waals surface area contributed by atoms with Crippen LogP contribution in [0.15, 0.2) is 0 Å². The van der Waals surface area contributed by atoms with Gasteiger partial charge in [0.2, 0.25) is 5.91 Å². The predicted octanol–water partition coefficient (Wildman–Crippen LogP) is 2.33. The van der Waals surface area contributed by atoms with Gasteiger partial charge in [-0.25, -0.2) is 0 Å². The molecule has 2 atom stereocenters. The van der Waals surface area contributed by atoms with Gasteiger partial charge in [-0.05, 0) is 25.7 Å². The summed E-state index contributed by atoms with van der Waals surface area (Å²) >= 11 is 0. The number of rotatable bonds is 3. The molecular weight excluding hydrogens is 230 g/mol. The van der Waals surface area contributed by atoms with Crippen molar-refractivity contribution in [3.8, 4) is 0 Å². The third-order valence-electron chi connectivity index (χ3n) is 4.37. The Kier molecular flexibility index (Phi) is 4.61. The Morgan fingerprint density at radius 3 is 2.00 bits per heavy atom. The lowest BCUT2D eigenvalue weighted by atomic mass is 9.78. The summed E-state index contributed by atoms with van der Waals surface area (Å²) in [6.45, 7) is 0. The van der Waals surface area contributed by atoms with Crippen LogP contribution in [0.4, 0.5) is 0 Å². The van der Waals surface area contributed by atoms with Crippen LogP contribution in [0.25, 0.3) is 0 Å². The molecule has 0 aromatic carbocycles. The summed E-state index contributed by atoms with van der Waals surface area (Å²) in [5.41, 5.74) is 0. The predicted molar refractivity (Wildman–Crippen MR) is 68.1 cm³/mol. The lowest BCUT2D eigenvalue weighted by molar-refractivity contribution is -0.149. The van der Waals surface area contributed by atoms with Crippen molar-refractivity contribution in [2.24, 2.45) is 11.8 Å². The monoisotopic (exact) mass is 253 g/mol. The molecule has 0 aliphatic heterocycles. The number of aliphatic carboxylic acids is 1. The topological polar surface area (TPSA) is 66.4 Å². The number of carbonyl (C=O) groups excluding carboxylic acids is 1. The van der Waals surface area contributed by atoms with Crippen LogP contribution in [0.3, 0.4) is 0 Å². The molecular formula is C14H23NO3. The minimum absolute atomic E-state index is 0.0194. The molecule has 2 N–H and O–H groups in total. The molecule has 0 saturated heterocycles. The molecule has 0 heterocycles. The second-order valence-electron chi connectivity index (χ2n) is 5.68. The highest BCUT2D eigenvalue weighted by Gasteiger charge is 2.36. The molecule has 2 fully saturated rings. The van der Waals surface area contributed by atoms with Gasteiger partial charge in [-0.2, -0.15) is 0 Å². The molecule has 102 valence electrons. The van der Waals surface area contributed by atoms with E-state index in [9.17, 15) is 14.7 Å². The van der Waals surface area contributed by atoms with E-state index < -0.39 is 11.9 Å². The van der Waals surface area contributed by atoms with Gasteiger partial charge in [0.1, 0.15) is 0 Å². The van der Waals surface area contributed by atoms with Gasteiger partial charge in [-0.15, -0.1) is 0 Å². The normalized spacial score (nSPS) is 29.8. The van der Waals surface area contributed by atoms with Crippen LogP contribution in [-0.2, 0) is 9.59 Å². The average Bonchev–Trinajstić information content (AvgIpc) is 2.40. The summed E-state index contributed by atoms with van der Waals surface area (Å²) in [7, 11) is 0. The highest BCUT2D eigenvalue weighted by molar-refractivity contribution is 5.85. The van der Waals surface area contributed by atoms with E-state index in [1.165, 1.54) is 19.3 Å². The zero-order chi connectivity index (χ0) is 13.0. The Balaban J connectivity index is 1.91. The second-order valence-corrected chi connectivity index (χ2v) is 5.68. The molecule has 2 saturated carbocycles. The Morgan fingerprint density at radius 1 is 0.833 bits per heavy atom. The van der Waals surface area contributed by atoms with E-state index in [2.05, 4.69) is 5.32 Å². The van der Waals surface area contributed by atoms with Gasteiger partial charge in [0.05, 0.1) is 11.8 Å². The lowest BCUT2D eigenvalue weighted by Crippen LogP contribution is -2.44. The summed E-state index contributed by atoms with van der Waals surface area (Å²) in [5, 5.41) is 12.3. The van der Waals surface area contributed by atoms with Crippen molar-refractivity contribution in [1.29, 1.82) is 0 Å². The van der Waals surface area contributed by atoms with Crippen molar-refractivity contribution >= 4 is 11.9 Å². The number of carboxylic acid groups (broad SMARTS) is 1. The standard InChI is InChI=1S/C14H23NO3/c16-13(15-10-6-2-1-3-7-10)11-8-4-5-9-12(11)14(17)18/h10-12H,1-9H2,(H,15,16)(H,17,18)/t11-,12+/m0/s1. The molecule has 0 unspecified atom stereocenters. The summed E-state index contributed by atoms with van der Waals surface area (Å²) < 4.78 is 0.